The predicted octanol–water partition coefficient (Wildman–Crippen LogP) is 4.42. The van der Waals surface area contributed by atoms with Crippen molar-refractivity contribution < 1.29 is 9.59 Å². The van der Waals surface area contributed by atoms with Gasteiger partial charge in [-0.05, 0) is 24.3 Å². The van der Waals surface area contributed by atoms with E-state index in [2.05, 4.69) is 20.7 Å². The Bertz CT molecular complexity index is 1200. The fraction of sp³-hybridized carbons (Fsp3) is 0.0909. The van der Waals surface area contributed by atoms with Crippen LogP contribution < -0.4 is 10.6 Å². The summed E-state index contributed by atoms with van der Waals surface area (Å²) in [5.74, 6) is -0.424. The number of nitrogens with one attached hydrogen (secondary N) is 2. The van der Waals surface area contributed by atoms with Crippen LogP contribution >= 0.6 is 11.3 Å². The van der Waals surface area contributed by atoms with Crippen molar-refractivity contribution in [2.45, 2.75) is 6.92 Å². The summed E-state index contributed by atoms with van der Waals surface area (Å²) in [4.78, 5) is 28.2. The number of carbonyl (C=O) groups excluding carboxylic acids is 2. The van der Waals surface area contributed by atoms with Crippen molar-refractivity contribution in [3.63, 3.8) is 0 Å². The van der Waals surface area contributed by atoms with E-state index in [0.29, 0.717) is 16.4 Å². The van der Waals surface area contributed by atoms with Gasteiger partial charge in [0.15, 0.2) is 5.13 Å². The lowest BCUT2D eigenvalue weighted by Gasteiger charge is -2.04. The lowest BCUT2D eigenvalue weighted by molar-refractivity contribution is -0.114. The van der Waals surface area contributed by atoms with Crippen LogP contribution in [0.15, 0.2) is 66.2 Å². The standard InChI is InChI=1S/C22H19N5O2S/c1-14(28)23-17-10-8-16(9-11-17)21(29)25-22-24-19(13-30-22)18-12-27(2)26-20(18)15-6-4-3-5-7-15/h3-13H,1-2H3,(H,23,28)(H,24,25,29). The first-order valence-corrected chi connectivity index (χ1v) is 10.1. The molecule has 2 amide bonds. The molecule has 0 spiro atoms. The average Bonchev–Trinajstić information content (AvgIpc) is 3.35. The molecule has 0 aliphatic carbocycles. The Morgan fingerprint density at radius 3 is 2.43 bits per heavy atom. The molecule has 8 heteroatoms. The minimum atomic E-state index is -0.264. The quantitative estimate of drug-likeness (QED) is 0.503. The maximum absolute atomic E-state index is 12.5. The number of carbonyl (C=O) groups is 2. The van der Waals surface area contributed by atoms with Gasteiger partial charge in [-0.2, -0.15) is 5.10 Å². The minimum absolute atomic E-state index is 0.159. The number of aryl methyl sites for hydroxylation is 1. The van der Waals surface area contributed by atoms with E-state index in [9.17, 15) is 9.59 Å². The molecule has 2 aromatic heterocycles. The molecule has 2 N–H and O–H groups in total. The number of thiazole rings is 1. The Kier molecular flexibility index (Phi) is 5.40. The van der Waals surface area contributed by atoms with Crippen molar-refractivity contribution in [2.24, 2.45) is 7.05 Å². The van der Waals surface area contributed by atoms with E-state index in [1.54, 1.807) is 28.9 Å². The van der Waals surface area contributed by atoms with Crippen LogP contribution in [0.25, 0.3) is 22.5 Å². The largest absolute Gasteiger partial charge is 0.326 e. The van der Waals surface area contributed by atoms with Gasteiger partial charge in [0, 0.05) is 47.9 Å². The molecule has 2 aromatic carbocycles. The fourth-order valence-electron chi connectivity index (χ4n) is 3.02. The molecule has 7 nitrogen and oxygen atoms in total. The van der Waals surface area contributed by atoms with Crippen LogP contribution in [0.4, 0.5) is 10.8 Å². The zero-order chi connectivity index (χ0) is 21.1. The Balaban J connectivity index is 1.53. The van der Waals surface area contributed by atoms with Gasteiger partial charge < -0.3 is 5.32 Å². The molecule has 0 unspecified atom stereocenters. The SMILES string of the molecule is CC(=O)Nc1ccc(C(=O)Nc2nc(-c3cn(C)nc3-c3ccccc3)cs2)cc1. The lowest BCUT2D eigenvalue weighted by atomic mass is 10.1. The zero-order valence-electron chi connectivity index (χ0n) is 16.4. The number of hydrogen-bond donors (Lipinski definition) is 2. The number of anilines is 2. The fourth-order valence-corrected chi connectivity index (χ4v) is 3.72. The second-order valence-electron chi connectivity index (χ2n) is 6.68. The van der Waals surface area contributed by atoms with E-state index in [1.165, 1.54) is 18.3 Å². The van der Waals surface area contributed by atoms with Crippen LogP contribution in [0.2, 0.25) is 0 Å². The Morgan fingerprint density at radius 1 is 1.00 bits per heavy atom. The molecule has 0 saturated carbocycles. The highest BCUT2D eigenvalue weighted by molar-refractivity contribution is 7.14. The number of amides is 2. The molecule has 0 bridgehead atoms. The van der Waals surface area contributed by atoms with Crippen molar-refractivity contribution >= 4 is 34.0 Å². The van der Waals surface area contributed by atoms with Crippen LogP contribution in [-0.4, -0.2) is 26.6 Å². The molecule has 0 fully saturated rings. The van der Waals surface area contributed by atoms with Crippen molar-refractivity contribution in [1.29, 1.82) is 0 Å². The third kappa shape index (κ3) is 4.28. The summed E-state index contributed by atoms with van der Waals surface area (Å²) in [6.45, 7) is 1.44. The molecule has 0 saturated heterocycles. The third-order valence-corrected chi connectivity index (χ3v) is 5.10. The van der Waals surface area contributed by atoms with Crippen molar-refractivity contribution in [1.82, 2.24) is 14.8 Å². The highest BCUT2D eigenvalue weighted by Crippen LogP contribution is 2.32. The summed E-state index contributed by atoms with van der Waals surface area (Å²) >= 11 is 1.36. The molecular weight excluding hydrogens is 398 g/mol. The van der Waals surface area contributed by atoms with Gasteiger partial charge in [0.2, 0.25) is 5.91 Å². The summed E-state index contributed by atoms with van der Waals surface area (Å²) in [7, 11) is 1.87. The number of hydrogen-bond acceptors (Lipinski definition) is 5. The predicted molar refractivity (Wildman–Crippen MR) is 118 cm³/mol. The van der Waals surface area contributed by atoms with Crippen LogP contribution in [0.1, 0.15) is 17.3 Å². The first-order chi connectivity index (χ1) is 14.5. The van der Waals surface area contributed by atoms with Gasteiger partial charge >= 0.3 is 0 Å². The van der Waals surface area contributed by atoms with Gasteiger partial charge in [-0.15, -0.1) is 11.3 Å². The Hall–Kier alpha value is -3.78. The van der Waals surface area contributed by atoms with Gasteiger partial charge in [-0.1, -0.05) is 30.3 Å². The molecular formula is C22H19N5O2S. The summed E-state index contributed by atoms with van der Waals surface area (Å²) < 4.78 is 1.76. The van der Waals surface area contributed by atoms with Crippen molar-refractivity contribution in [3.05, 3.63) is 71.7 Å². The van der Waals surface area contributed by atoms with Crippen LogP contribution in [0, 0.1) is 0 Å². The van der Waals surface area contributed by atoms with E-state index in [4.69, 9.17) is 0 Å². The maximum atomic E-state index is 12.5. The molecule has 4 rings (SSSR count). The van der Waals surface area contributed by atoms with Gasteiger partial charge in [-0.3, -0.25) is 19.6 Å². The summed E-state index contributed by atoms with van der Waals surface area (Å²) in [6.07, 6.45) is 1.92. The molecule has 150 valence electrons. The normalized spacial score (nSPS) is 10.6. The third-order valence-electron chi connectivity index (χ3n) is 4.34. The first kappa shape index (κ1) is 19.5. The van der Waals surface area contributed by atoms with Crippen LogP contribution in [-0.2, 0) is 11.8 Å². The van der Waals surface area contributed by atoms with E-state index >= 15 is 0 Å². The molecule has 0 radical (unpaired) electrons. The van der Waals surface area contributed by atoms with E-state index in [0.717, 1.165) is 22.5 Å². The highest BCUT2D eigenvalue weighted by Gasteiger charge is 2.16. The molecule has 30 heavy (non-hydrogen) atoms. The molecule has 2 heterocycles. The highest BCUT2D eigenvalue weighted by atomic mass is 32.1. The number of nitrogens with zero attached hydrogens (tertiary/aromatic N) is 3. The average molecular weight is 417 g/mol. The Labute approximate surface area is 177 Å². The van der Waals surface area contributed by atoms with Gasteiger partial charge in [0.1, 0.15) is 5.69 Å². The summed E-state index contributed by atoms with van der Waals surface area (Å²) in [5.41, 5.74) is 4.62. The zero-order valence-corrected chi connectivity index (χ0v) is 17.2. The van der Waals surface area contributed by atoms with E-state index in [1.807, 2.05) is 49.0 Å². The van der Waals surface area contributed by atoms with Gasteiger partial charge in [0.25, 0.3) is 5.91 Å². The second kappa shape index (κ2) is 8.30. The second-order valence-corrected chi connectivity index (χ2v) is 7.54. The van der Waals surface area contributed by atoms with Crippen molar-refractivity contribution in [3.8, 4) is 22.5 Å². The first-order valence-electron chi connectivity index (χ1n) is 9.23. The molecule has 0 aliphatic rings. The van der Waals surface area contributed by atoms with Gasteiger partial charge in [-0.25, -0.2) is 4.98 Å². The van der Waals surface area contributed by atoms with E-state index in [-0.39, 0.29) is 11.8 Å². The maximum Gasteiger partial charge on any atom is 0.257 e. The number of aromatic nitrogens is 3. The number of rotatable bonds is 5. The number of benzene rings is 2. The smallest absolute Gasteiger partial charge is 0.257 e. The van der Waals surface area contributed by atoms with Gasteiger partial charge in [0.05, 0.1) is 5.69 Å². The Morgan fingerprint density at radius 2 is 1.73 bits per heavy atom. The van der Waals surface area contributed by atoms with Crippen LogP contribution in [0.5, 0.6) is 0 Å². The summed E-state index contributed by atoms with van der Waals surface area (Å²) in [5, 5.41) is 12.5. The van der Waals surface area contributed by atoms with E-state index < -0.39 is 0 Å². The molecule has 4 aromatic rings. The minimum Gasteiger partial charge on any atom is -0.326 e. The lowest BCUT2D eigenvalue weighted by Crippen LogP contribution is -2.12. The van der Waals surface area contributed by atoms with Crippen LogP contribution in [0.3, 0.4) is 0 Å². The molecule has 0 atom stereocenters. The topological polar surface area (TPSA) is 88.9 Å². The monoisotopic (exact) mass is 417 g/mol. The van der Waals surface area contributed by atoms with Crippen molar-refractivity contribution in [2.75, 3.05) is 10.6 Å². The molecule has 0 aliphatic heterocycles. The summed E-state index contributed by atoms with van der Waals surface area (Å²) in [6, 6.07) is 16.6.